The van der Waals surface area contributed by atoms with Gasteiger partial charge in [-0.2, -0.15) is 0 Å². The Labute approximate surface area is 120 Å². The van der Waals surface area contributed by atoms with Crippen LogP contribution in [0.5, 0.6) is 0 Å². The quantitative estimate of drug-likeness (QED) is 0.785. The molecule has 0 saturated carbocycles. The van der Waals surface area contributed by atoms with Gasteiger partial charge in [-0.1, -0.05) is 31.4 Å². The molecule has 0 heterocycles. The number of rotatable bonds is 5. The third kappa shape index (κ3) is 4.81. The first kappa shape index (κ1) is 14.7. The molecular formula is C12H16ClIN2O. The van der Waals surface area contributed by atoms with Crippen molar-refractivity contribution in [3.05, 3.63) is 26.8 Å². The molecule has 0 aliphatic carbocycles. The zero-order chi connectivity index (χ0) is 12.8. The Kier molecular flexibility index (Phi) is 6.22. The molecular weight excluding hydrogens is 351 g/mol. The number of amides is 1. The van der Waals surface area contributed by atoms with Crippen LogP contribution in [0.25, 0.3) is 0 Å². The molecule has 1 aromatic carbocycles. The Bertz CT molecular complexity index is 398. The molecule has 1 rings (SSSR count). The number of carbonyl (C=O) groups excluding carboxylic acids is 1. The zero-order valence-corrected chi connectivity index (χ0v) is 12.6. The van der Waals surface area contributed by atoms with Gasteiger partial charge in [-0.05, 0) is 47.2 Å². The number of nitrogens with one attached hydrogen (secondary N) is 1. The average Bonchev–Trinajstić information content (AvgIpc) is 2.29. The standard InChI is InChI=1S/C12H16ClIN2O/c1-2-3-4-10(15)12(17)16-11-6-5-8(13)7-9(11)14/h5-7,10H,2-4,15H2,1H3,(H,16,17). The second-order valence-electron chi connectivity index (χ2n) is 3.86. The van der Waals surface area contributed by atoms with Crippen LogP contribution in [0.2, 0.25) is 5.02 Å². The van der Waals surface area contributed by atoms with E-state index in [2.05, 4.69) is 34.8 Å². The lowest BCUT2D eigenvalue weighted by Gasteiger charge is -2.12. The van der Waals surface area contributed by atoms with Crippen LogP contribution in [0.3, 0.4) is 0 Å². The predicted molar refractivity (Wildman–Crippen MR) is 80.3 cm³/mol. The smallest absolute Gasteiger partial charge is 0.241 e. The van der Waals surface area contributed by atoms with Gasteiger partial charge in [0.05, 0.1) is 11.7 Å². The third-order valence-electron chi connectivity index (χ3n) is 2.39. The van der Waals surface area contributed by atoms with Gasteiger partial charge in [-0.15, -0.1) is 0 Å². The highest BCUT2D eigenvalue weighted by Crippen LogP contribution is 2.22. The molecule has 5 heteroatoms. The molecule has 1 amide bonds. The molecule has 0 fully saturated rings. The molecule has 3 nitrogen and oxygen atoms in total. The fraction of sp³-hybridized carbons (Fsp3) is 0.417. The van der Waals surface area contributed by atoms with E-state index in [4.69, 9.17) is 17.3 Å². The first-order chi connectivity index (χ1) is 8.04. The highest BCUT2D eigenvalue weighted by molar-refractivity contribution is 14.1. The lowest BCUT2D eigenvalue weighted by atomic mass is 10.1. The van der Waals surface area contributed by atoms with Crippen molar-refractivity contribution in [3.63, 3.8) is 0 Å². The largest absolute Gasteiger partial charge is 0.324 e. The van der Waals surface area contributed by atoms with Crippen molar-refractivity contribution in [2.45, 2.75) is 32.2 Å². The van der Waals surface area contributed by atoms with Gasteiger partial charge in [0.25, 0.3) is 0 Å². The number of carbonyl (C=O) groups is 1. The molecule has 0 aromatic heterocycles. The van der Waals surface area contributed by atoms with Crippen molar-refractivity contribution < 1.29 is 4.79 Å². The van der Waals surface area contributed by atoms with Gasteiger partial charge in [0, 0.05) is 8.59 Å². The number of unbranched alkanes of at least 4 members (excludes halogenated alkanes) is 1. The Balaban J connectivity index is 2.61. The maximum Gasteiger partial charge on any atom is 0.241 e. The Hall–Kier alpha value is -0.330. The molecule has 0 aliphatic heterocycles. The van der Waals surface area contributed by atoms with Gasteiger partial charge in [0.15, 0.2) is 0 Å². The zero-order valence-electron chi connectivity index (χ0n) is 9.67. The van der Waals surface area contributed by atoms with Crippen molar-refractivity contribution in [2.24, 2.45) is 5.73 Å². The Morgan fingerprint density at radius 3 is 2.88 bits per heavy atom. The predicted octanol–water partition coefficient (Wildman–Crippen LogP) is 3.40. The molecule has 17 heavy (non-hydrogen) atoms. The van der Waals surface area contributed by atoms with E-state index in [1.165, 1.54) is 0 Å². The van der Waals surface area contributed by atoms with Gasteiger partial charge < -0.3 is 11.1 Å². The van der Waals surface area contributed by atoms with Crippen molar-refractivity contribution in [3.8, 4) is 0 Å². The minimum Gasteiger partial charge on any atom is -0.324 e. The van der Waals surface area contributed by atoms with Crippen LogP contribution in [0, 0.1) is 3.57 Å². The van der Waals surface area contributed by atoms with Crippen LogP contribution in [0.4, 0.5) is 5.69 Å². The van der Waals surface area contributed by atoms with Gasteiger partial charge in [-0.25, -0.2) is 0 Å². The number of hydrogen-bond acceptors (Lipinski definition) is 2. The fourth-order valence-corrected chi connectivity index (χ4v) is 2.38. The second-order valence-corrected chi connectivity index (χ2v) is 5.46. The normalized spacial score (nSPS) is 12.2. The summed E-state index contributed by atoms with van der Waals surface area (Å²) in [5, 5.41) is 3.47. The van der Waals surface area contributed by atoms with E-state index in [0.29, 0.717) is 11.4 Å². The SMILES string of the molecule is CCCCC(N)C(=O)Nc1ccc(Cl)cc1I. The summed E-state index contributed by atoms with van der Waals surface area (Å²) in [6.45, 7) is 2.08. The van der Waals surface area contributed by atoms with Gasteiger partial charge in [-0.3, -0.25) is 4.79 Å². The van der Waals surface area contributed by atoms with E-state index >= 15 is 0 Å². The molecule has 3 N–H and O–H groups in total. The maximum absolute atomic E-state index is 11.8. The number of anilines is 1. The molecule has 0 aliphatic rings. The summed E-state index contributed by atoms with van der Waals surface area (Å²) in [6, 6.07) is 4.89. The van der Waals surface area contributed by atoms with Crippen molar-refractivity contribution in [1.29, 1.82) is 0 Å². The highest BCUT2D eigenvalue weighted by atomic mass is 127. The van der Waals surface area contributed by atoms with Gasteiger partial charge in [0.1, 0.15) is 0 Å². The van der Waals surface area contributed by atoms with E-state index < -0.39 is 6.04 Å². The lowest BCUT2D eigenvalue weighted by Crippen LogP contribution is -2.35. The summed E-state index contributed by atoms with van der Waals surface area (Å²) in [7, 11) is 0. The maximum atomic E-state index is 11.8. The molecule has 0 saturated heterocycles. The van der Waals surface area contributed by atoms with Crippen LogP contribution >= 0.6 is 34.2 Å². The molecule has 94 valence electrons. The van der Waals surface area contributed by atoms with E-state index in [-0.39, 0.29) is 5.91 Å². The number of nitrogens with two attached hydrogens (primary N) is 1. The summed E-state index contributed by atoms with van der Waals surface area (Å²) in [6.07, 6.45) is 2.72. The van der Waals surface area contributed by atoms with Crippen LogP contribution in [0.1, 0.15) is 26.2 Å². The first-order valence-electron chi connectivity index (χ1n) is 5.56. The number of benzene rings is 1. The summed E-state index contributed by atoms with van der Waals surface area (Å²) in [5.41, 5.74) is 6.55. The monoisotopic (exact) mass is 366 g/mol. The highest BCUT2D eigenvalue weighted by Gasteiger charge is 2.13. The van der Waals surface area contributed by atoms with E-state index in [1.54, 1.807) is 18.2 Å². The third-order valence-corrected chi connectivity index (χ3v) is 3.52. The minimum atomic E-state index is -0.443. The van der Waals surface area contributed by atoms with Crippen LogP contribution < -0.4 is 11.1 Å². The molecule has 1 aromatic rings. The van der Waals surface area contributed by atoms with Gasteiger partial charge >= 0.3 is 0 Å². The number of halogens is 2. The minimum absolute atomic E-state index is 0.140. The summed E-state index contributed by atoms with van der Waals surface area (Å²) in [5.74, 6) is -0.140. The Morgan fingerprint density at radius 1 is 1.59 bits per heavy atom. The molecule has 0 bridgehead atoms. The van der Waals surface area contributed by atoms with Crippen molar-refractivity contribution in [2.75, 3.05) is 5.32 Å². The summed E-state index contributed by atoms with van der Waals surface area (Å²) in [4.78, 5) is 11.8. The summed E-state index contributed by atoms with van der Waals surface area (Å²) < 4.78 is 0.908. The van der Waals surface area contributed by atoms with Crippen molar-refractivity contribution >= 4 is 45.8 Å². The van der Waals surface area contributed by atoms with E-state index in [1.807, 2.05) is 0 Å². The Morgan fingerprint density at radius 2 is 2.29 bits per heavy atom. The molecule has 1 atom stereocenters. The fourth-order valence-electron chi connectivity index (χ4n) is 1.37. The van der Waals surface area contributed by atoms with E-state index in [9.17, 15) is 4.79 Å². The molecule has 0 spiro atoms. The average molecular weight is 367 g/mol. The first-order valence-corrected chi connectivity index (χ1v) is 7.01. The van der Waals surface area contributed by atoms with Crippen molar-refractivity contribution in [1.82, 2.24) is 0 Å². The van der Waals surface area contributed by atoms with Gasteiger partial charge in [0.2, 0.25) is 5.91 Å². The second kappa shape index (κ2) is 7.18. The topological polar surface area (TPSA) is 55.1 Å². The lowest BCUT2D eigenvalue weighted by molar-refractivity contribution is -0.117. The number of hydrogen-bond donors (Lipinski definition) is 2. The van der Waals surface area contributed by atoms with Crippen LogP contribution in [-0.4, -0.2) is 11.9 Å². The molecule has 1 unspecified atom stereocenters. The van der Waals surface area contributed by atoms with Crippen LogP contribution in [0.15, 0.2) is 18.2 Å². The van der Waals surface area contributed by atoms with E-state index in [0.717, 1.165) is 22.1 Å². The summed E-state index contributed by atoms with van der Waals surface area (Å²) >= 11 is 7.97. The molecule has 0 radical (unpaired) electrons. The van der Waals surface area contributed by atoms with Crippen LogP contribution in [-0.2, 0) is 4.79 Å².